The second-order valence-electron chi connectivity index (χ2n) is 18.5. The quantitative estimate of drug-likeness (QED) is 0.0528. The van der Waals surface area contributed by atoms with E-state index in [9.17, 15) is 23.6 Å². The van der Waals surface area contributed by atoms with E-state index >= 15 is 4.39 Å². The van der Waals surface area contributed by atoms with Crippen molar-refractivity contribution in [2.24, 2.45) is 11.1 Å². The van der Waals surface area contributed by atoms with Gasteiger partial charge in [-0.3, -0.25) is 24.1 Å². The zero-order valence-corrected chi connectivity index (χ0v) is 45.5. The number of thioether (sulfide) groups is 1. The van der Waals surface area contributed by atoms with Gasteiger partial charge in [-0.2, -0.15) is 11.8 Å². The largest absolute Gasteiger partial charge is 0.379 e. The summed E-state index contributed by atoms with van der Waals surface area (Å²) in [5, 5.41) is 6.11. The monoisotopic (exact) mass is 1090 g/mol. The van der Waals surface area contributed by atoms with Crippen molar-refractivity contribution >= 4 is 35.4 Å². The molecule has 0 bridgehead atoms. The Labute approximate surface area is 451 Å². The number of imidazole rings is 1. The maximum Gasteiger partial charge on any atom is 0.253 e. The van der Waals surface area contributed by atoms with Crippen LogP contribution in [0.2, 0.25) is 0 Å². The van der Waals surface area contributed by atoms with Crippen molar-refractivity contribution in [1.82, 2.24) is 30.0 Å². The zero-order valence-electron chi connectivity index (χ0n) is 44.7. The van der Waals surface area contributed by atoms with Crippen molar-refractivity contribution < 1.29 is 65.9 Å². The molecule has 4 amide bonds. The van der Waals surface area contributed by atoms with Crippen LogP contribution in [0.3, 0.4) is 0 Å². The predicted molar refractivity (Wildman–Crippen MR) is 286 cm³/mol. The van der Waals surface area contributed by atoms with Crippen molar-refractivity contribution in [2.45, 2.75) is 52.6 Å². The Balaban J connectivity index is 0.930. The van der Waals surface area contributed by atoms with Gasteiger partial charge in [-0.05, 0) is 55.1 Å². The molecule has 76 heavy (non-hydrogen) atoms. The number of nitrogens with one attached hydrogen (secondary N) is 2. The maximum atomic E-state index is 15.1. The number of nitrogens with zero attached hydrogens (tertiary/aromatic N) is 4. The van der Waals surface area contributed by atoms with Gasteiger partial charge in [-0.1, -0.05) is 51.1 Å². The van der Waals surface area contributed by atoms with Crippen molar-refractivity contribution in [3.8, 4) is 11.3 Å². The molecule has 2 aromatic carbocycles. The number of benzene rings is 2. The molecule has 0 spiro atoms. The lowest BCUT2D eigenvalue weighted by atomic mass is 9.84. The number of halogens is 2. The highest BCUT2D eigenvalue weighted by Gasteiger charge is 2.38. The molecule has 3 aromatic rings. The highest BCUT2D eigenvalue weighted by Crippen LogP contribution is 2.40. The molecule has 1 aliphatic rings. The summed E-state index contributed by atoms with van der Waals surface area (Å²) in [6.45, 7) is 16.4. The van der Waals surface area contributed by atoms with Gasteiger partial charge in [0.2, 0.25) is 11.8 Å². The number of hydrogen-bond acceptors (Lipinski definition) is 16. The summed E-state index contributed by atoms with van der Waals surface area (Å²) in [5.74, 6) is -0.635. The lowest BCUT2D eigenvalue weighted by Crippen LogP contribution is -2.44. The van der Waals surface area contributed by atoms with Crippen LogP contribution in [-0.2, 0) is 63.6 Å². The van der Waals surface area contributed by atoms with Crippen LogP contribution >= 0.6 is 11.8 Å². The Morgan fingerprint density at radius 3 is 1.83 bits per heavy atom. The highest BCUT2D eigenvalue weighted by molar-refractivity contribution is 7.99. The molecular formula is C54H81F2N7O12S. The number of aromatic nitrogens is 2. The van der Waals surface area contributed by atoms with E-state index in [4.69, 9.17) is 48.6 Å². The van der Waals surface area contributed by atoms with E-state index in [2.05, 4.69) is 31.4 Å². The van der Waals surface area contributed by atoms with Crippen molar-refractivity contribution in [3.05, 3.63) is 89.9 Å². The number of carbonyl (C=O) groups excluding carboxylic acids is 4. The molecule has 0 fully saturated rings. The van der Waals surface area contributed by atoms with Gasteiger partial charge < -0.3 is 63.7 Å². The fourth-order valence-corrected chi connectivity index (χ4v) is 8.47. The zero-order chi connectivity index (χ0) is 54.6. The summed E-state index contributed by atoms with van der Waals surface area (Å²) < 4.78 is 75.6. The molecule has 1 aromatic heterocycles. The Hall–Kier alpha value is -4.72. The number of imide groups is 1. The average Bonchev–Trinajstić information content (AvgIpc) is 3.95. The minimum atomic E-state index is -0.574. The first-order chi connectivity index (χ1) is 36.9. The molecule has 4 N–H and O–H groups in total. The normalized spacial score (nSPS) is 13.1. The molecular weight excluding hydrogens is 1010 g/mol. The maximum absolute atomic E-state index is 15.1. The molecule has 1 aliphatic heterocycles. The van der Waals surface area contributed by atoms with Gasteiger partial charge in [0.25, 0.3) is 11.8 Å². The first kappa shape index (κ1) is 63.8. The molecule has 1 unspecified atom stereocenters. The van der Waals surface area contributed by atoms with Gasteiger partial charge >= 0.3 is 0 Å². The van der Waals surface area contributed by atoms with E-state index < -0.39 is 34.9 Å². The smallest absolute Gasteiger partial charge is 0.253 e. The minimum Gasteiger partial charge on any atom is -0.379 e. The second kappa shape index (κ2) is 37.9. The van der Waals surface area contributed by atoms with Gasteiger partial charge in [-0.15, -0.1) is 0 Å². The summed E-state index contributed by atoms with van der Waals surface area (Å²) in [5.41, 5.74) is 6.88. The molecule has 4 rings (SSSR count). The van der Waals surface area contributed by atoms with Gasteiger partial charge in [0.15, 0.2) is 0 Å². The average molecular weight is 1090 g/mol. The van der Waals surface area contributed by atoms with E-state index in [1.54, 1.807) is 18.0 Å². The van der Waals surface area contributed by atoms with E-state index in [-0.39, 0.29) is 36.1 Å². The van der Waals surface area contributed by atoms with E-state index in [1.807, 2.05) is 39.8 Å². The lowest BCUT2D eigenvalue weighted by molar-refractivity contribution is -0.137. The van der Waals surface area contributed by atoms with Gasteiger partial charge in [0.05, 0.1) is 117 Å². The molecule has 0 saturated heterocycles. The molecule has 0 aliphatic carbocycles. The second-order valence-corrected chi connectivity index (χ2v) is 19.6. The topological polar surface area (TPSA) is 216 Å². The SMILES string of the molecule is CC(C)(C)C(c1nc(-c2cc(F)ccc2F)cn1Cc1ccccc1)N(CCCN)C(=O)CSCCNCCCOCCOCCOCCOCCOCCOCCOCCOCCNC(=O)CCN1C(=O)C=CC1=O. The lowest BCUT2D eigenvalue weighted by Gasteiger charge is -2.40. The van der Waals surface area contributed by atoms with Crippen LogP contribution in [0.5, 0.6) is 0 Å². The number of carbonyl (C=O) groups is 4. The van der Waals surface area contributed by atoms with Crippen LogP contribution in [0.1, 0.15) is 57.5 Å². The van der Waals surface area contributed by atoms with Crippen molar-refractivity contribution in [2.75, 3.05) is 156 Å². The first-order valence-corrected chi connectivity index (χ1v) is 27.3. The minimum absolute atomic E-state index is 0.0349. The highest BCUT2D eigenvalue weighted by atomic mass is 32.2. The first-order valence-electron chi connectivity index (χ1n) is 26.2. The van der Waals surface area contributed by atoms with Crippen LogP contribution in [0, 0.1) is 17.0 Å². The fraction of sp³-hybridized carbons (Fsp3) is 0.611. The van der Waals surface area contributed by atoms with Crippen LogP contribution < -0.4 is 16.4 Å². The molecule has 19 nitrogen and oxygen atoms in total. The molecule has 22 heteroatoms. The van der Waals surface area contributed by atoms with Crippen LogP contribution in [-0.4, -0.2) is 199 Å². The standard InChI is InChI=1S/C54H81F2N7O12S/c1-54(2,3)52(53-60-47(45-39-44(55)11-12-46(45)56)41-61(53)40-43-9-5-4-6-10-43)63(20-7-16-57)51(67)42-76-38-19-58-17-8-22-68-24-26-70-28-30-72-32-34-74-36-37-75-35-33-73-31-29-71-27-25-69-23-18-59-48(64)15-21-62-49(65)13-14-50(62)66/h4-6,9-14,39,41,52,58H,7-8,15-38,40,42,57H2,1-3H3,(H,59,64). The molecule has 2 heterocycles. The van der Waals surface area contributed by atoms with E-state index in [1.165, 1.54) is 12.2 Å². The molecule has 0 radical (unpaired) electrons. The third kappa shape index (κ3) is 25.6. The molecule has 0 saturated carbocycles. The number of hydrogen-bond donors (Lipinski definition) is 3. The third-order valence-corrected chi connectivity index (χ3v) is 12.4. The fourth-order valence-electron chi connectivity index (χ4n) is 7.70. The van der Waals surface area contributed by atoms with Crippen LogP contribution in [0.25, 0.3) is 11.3 Å². The summed E-state index contributed by atoms with van der Waals surface area (Å²) in [7, 11) is 0. The summed E-state index contributed by atoms with van der Waals surface area (Å²) in [6, 6.07) is 12.7. The van der Waals surface area contributed by atoms with Gasteiger partial charge in [0.1, 0.15) is 17.5 Å². The van der Waals surface area contributed by atoms with Crippen molar-refractivity contribution in [3.63, 3.8) is 0 Å². The van der Waals surface area contributed by atoms with Crippen molar-refractivity contribution in [1.29, 1.82) is 0 Å². The van der Waals surface area contributed by atoms with Gasteiger partial charge in [-0.25, -0.2) is 13.8 Å². The number of nitrogens with two attached hydrogens (primary N) is 1. The Bertz CT molecular complexity index is 2130. The third-order valence-electron chi connectivity index (χ3n) is 11.4. The number of rotatable bonds is 44. The summed E-state index contributed by atoms with van der Waals surface area (Å²) >= 11 is 1.56. The predicted octanol–water partition coefficient (Wildman–Crippen LogP) is 4.42. The number of ether oxygens (including phenoxy) is 8. The number of amides is 4. The van der Waals surface area contributed by atoms with Crippen LogP contribution in [0.15, 0.2) is 66.9 Å². The molecule has 424 valence electrons. The Kier molecular flexibility index (Phi) is 31.9. The van der Waals surface area contributed by atoms with Crippen LogP contribution in [0.4, 0.5) is 8.78 Å². The summed E-state index contributed by atoms with van der Waals surface area (Å²) in [4.78, 5) is 56.8. The van der Waals surface area contributed by atoms with Gasteiger partial charge in [0, 0.05) is 75.4 Å². The van der Waals surface area contributed by atoms with E-state index in [0.29, 0.717) is 150 Å². The summed E-state index contributed by atoms with van der Waals surface area (Å²) in [6.07, 6.45) is 5.60. The Morgan fingerprint density at radius 2 is 1.28 bits per heavy atom. The molecule has 1 atom stereocenters. The van der Waals surface area contributed by atoms with E-state index in [0.717, 1.165) is 53.9 Å². The Morgan fingerprint density at radius 1 is 0.724 bits per heavy atom.